The molecule has 0 aromatic heterocycles. The Morgan fingerprint density at radius 1 is 0.414 bits per heavy atom. The molecule has 1 aliphatic carbocycles. The molecular formula is C69H59N. The summed E-state index contributed by atoms with van der Waals surface area (Å²) in [4.78, 5) is 2.40. The molecule has 1 heteroatoms. The van der Waals surface area contributed by atoms with Crippen LogP contribution in [0.25, 0.3) is 76.5 Å². The Morgan fingerprint density at radius 2 is 0.871 bits per heavy atom. The molecule has 0 spiro atoms. The van der Waals surface area contributed by atoms with Crippen LogP contribution in [-0.2, 0) is 5.41 Å². The highest BCUT2D eigenvalue weighted by atomic mass is 15.1. The first kappa shape index (κ1) is 46.6. The van der Waals surface area contributed by atoms with Crippen LogP contribution in [-0.4, -0.2) is 0 Å². The lowest BCUT2D eigenvalue weighted by Gasteiger charge is -2.30. The number of rotatable bonds is 10. The molecule has 1 atom stereocenters. The second-order valence-corrected chi connectivity index (χ2v) is 17.4. The summed E-state index contributed by atoms with van der Waals surface area (Å²) in [5.41, 5.74) is 13.9. The van der Waals surface area contributed by atoms with Crippen LogP contribution in [0.4, 0.5) is 17.1 Å². The van der Waals surface area contributed by atoms with E-state index in [2.05, 4.69) is 238 Å². The molecule has 1 aliphatic rings. The van der Waals surface area contributed by atoms with Crippen LogP contribution in [0.2, 0.25) is 0 Å². The van der Waals surface area contributed by atoms with Crippen LogP contribution in [0.1, 0.15) is 38.8 Å². The van der Waals surface area contributed by atoms with E-state index >= 15 is 0 Å². The molecule has 340 valence electrons. The summed E-state index contributed by atoms with van der Waals surface area (Å²) < 4.78 is 0. The van der Waals surface area contributed by atoms with Gasteiger partial charge in [0.1, 0.15) is 0 Å². The van der Waals surface area contributed by atoms with Gasteiger partial charge in [0.2, 0.25) is 0 Å². The van der Waals surface area contributed by atoms with E-state index in [-0.39, 0.29) is 5.41 Å². The number of hydrogen-bond donors (Lipinski definition) is 0. The van der Waals surface area contributed by atoms with Crippen LogP contribution in [0.5, 0.6) is 0 Å². The Hall–Kier alpha value is -8.52. The maximum Gasteiger partial charge on any atom is 0.0468 e. The molecule has 0 saturated carbocycles. The zero-order valence-electron chi connectivity index (χ0n) is 40.7. The number of fused-ring (bicyclic) bond motifs is 9. The van der Waals surface area contributed by atoms with Gasteiger partial charge < -0.3 is 4.90 Å². The number of benzene rings is 10. The van der Waals surface area contributed by atoms with E-state index in [4.69, 9.17) is 0 Å². The first-order valence-corrected chi connectivity index (χ1v) is 24.4. The molecule has 10 aromatic rings. The summed E-state index contributed by atoms with van der Waals surface area (Å²) >= 11 is 0. The van der Waals surface area contributed by atoms with Gasteiger partial charge in [-0.15, -0.1) is 0 Å². The largest absolute Gasteiger partial charge is 0.310 e. The molecule has 0 radical (unpaired) electrons. The minimum Gasteiger partial charge on any atom is -0.310 e. The Balaban J connectivity index is 0.000000624. The molecule has 1 unspecified atom stereocenters. The van der Waals surface area contributed by atoms with Crippen molar-refractivity contribution in [2.45, 2.75) is 33.1 Å². The fourth-order valence-corrected chi connectivity index (χ4v) is 10.4. The third-order valence-electron chi connectivity index (χ3n) is 13.6. The predicted octanol–water partition coefficient (Wildman–Crippen LogP) is 20.0. The van der Waals surface area contributed by atoms with Crippen molar-refractivity contribution in [2.75, 3.05) is 4.90 Å². The van der Waals surface area contributed by atoms with Crippen LogP contribution >= 0.6 is 0 Å². The lowest BCUT2D eigenvalue weighted by Crippen LogP contribution is -2.22. The quantitative estimate of drug-likeness (QED) is 0.0976. The van der Waals surface area contributed by atoms with E-state index in [0.717, 1.165) is 22.6 Å². The Bertz CT molecular complexity index is 3470. The minimum atomic E-state index is -0.361. The van der Waals surface area contributed by atoms with Crippen molar-refractivity contribution in [1.82, 2.24) is 0 Å². The van der Waals surface area contributed by atoms with Gasteiger partial charge in [0.25, 0.3) is 0 Å². The van der Waals surface area contributed by atoms with Crippen molar-refractivity contribution in [2.24, 2.45) is 0 Å². The van der Waals surface area contributed by atoms with Gasteiger partial charge >= 0.3 is 0 Å². The monoisotopic (exact) mass is 901 g/mol. The van der Waals surface area contributed by atoms with E-state index in [9.17, 15) is 0 Å². The summed E-state index contributed by atoms with van der Waals surface area (Å²) in [5.74, 6) is 0. The van der Waals surface area contributed by atoms with Crippen LogP contribution in [0.15, 0.2) is 274 Å². The van der Waals surface area contributed by atoms with Crippen molar-refractivity contribution >= 4 is 60.2 Å². The fourth-order valence-electron chi connectivity index (χ4n) is 10.4. The molecular weight excluding hydrogens is 843 g/mol. The molecule has 0 heterocycles. The van der Waals surface area contributed by atoms with Gasteiger partial charge in [-0.2, -0.15) is 0 Å². The summed E-state index contributed by atoms with van der Waals surface area (Å²) in [5, 5.41) is 10.1. The zero-order valence-corrected chi connectivity index (χ0v) is 40.7. The van der Waals surface area contributed by atoms with Gasteiger partial charge in [0.05, 0.1) is 0 Å². The number of allylic oxidation sites excluding steroid dienone is 9. The van der Waals surface area contributed by atoms with E-state index < -0.39 is 0 Å². The maximum atomic E-state index is 4.24. The standard InChI is InChI=1S/C60H43N.C7H10.C2H6/c1-4-16-44(5-2)60(3)58-26-15-14-25-54(58)57-39-47(35-36-59(57)60)61(45-31-27-40(28-32-45)55-37-42-17-6-8-19-48(42)50-21-10-12-23-52(50)55)46-33-29-41(30-34-46)56-38-43-18-7-9-20-49(43)51-22-11-13-24-53(51)56;1-3-5-7-6-4-2;1-2/h4-39H,1-2H2,3H3;3-7H,1H2,2H3;1-2H3/b44-16+;6-4-,7-5-;. The van der Waals surface area contributed by atoms with Crippen molar-refractivity contribution in [3.05, 3.63) is 285 Å². The second kappa shape index (κ2) is 20.8. The third-order valence-corrected chi connectivity index (χ3v) is 13.6. The molecule has 70 heavy (non-hydrogen) atoms. The highest BCUT2D eigenvalue weighted by Gasteiger charge is 2.41. The Morgan fingerprint density at radius 3 is 1.37 bits per heavy atom. The normalized spacial score (nSPS) is 13.9. The summed E-state index contributed by atoms with van der Waals surface area (Å²) in [6.45, 7) is 20.1. The highest BCUT2D eigenvalue weighted by molar-refractivity contribution is 6.15. The van der Waals surface area contributed by atoms with Crippen LogP contribution in [0, 0.1) is 0 Å². The summed E-state index contributed by atoms with van der Waals surface area (Å²) in [7, 11) is 0. The maximum absolute atomic E-state index is 4.24. The molecule has 11 rings (SSSR count). The number of nitrogens with zero attached hydrogens (tertiary/aromatic N) is 1. The summed E-state index contributed by atoms with van der Waals surface area (Å²) in [6.07, 6.45) is 15.5. The van der Waals surface area contributed by atoms with E-state index in [1.54, 1.807) is 6.08 Å². The molecule has 0 bridgehead atoms. The average Bonchev–Trinajstić information content (AvgIpc) is 3.68. The average molecular weight is 902 g/mol. The molecule has 10 aromatic carbocycles. The van der Waals surface area contributed by atoms with Crippen molar-refractivity contribution < 1.29 is 0 Å². The van der Waals surface area contributed by atoms with E-state index in [1.165, 1.54) is 87.6 Å². The third kappa shape index (κ3) is 8.52. The van der Waals surface area contributed by atoms with Crippen LogP contribution < -0.4 is 4.90 Å². The predicted molar refractivity (Wildman–Crippen MR) is 308 cm³/mol. The molecule has 0 fully saturated rings. The lowest BCUT2D eigenvalue weighted by molar-refractivity contribution is 0.713. The Labute approximate surface area is 414 Å². The van der Waals surface area contributed by atoms with Crippen LogP contribution in [0.3, 0.4) is 0 Å². The molecule has 0 aliphatic heterocycles. The molecule has 0 amide bonds. The minimum absolute atomic E-state index is 0.361. The smallest absolute Gasteiger partial charge is 0.0468 e. The SMILES string of the molecule is C=C/C=C(\C=C)C1(C)c2ccccc2-c2cc(N(c3ccc(-c4cc5ccccc5c5ccccc45)cc3)c3ccc(-c4cc5ccccc5c5ccccc45)cc3)ccc21.C=C/C=C\C=C/C.CC. The molecule has 0 N–H and O–H groups in total. The van der Waals surface area contributed by atoms with Gasteiger partial charge in [0, 0.05) is 22.5 Å². The van der Waals surface area contributed by atoms with E-state index in [0.29, 0.717) is 0 Å². The van der Waals surface area contributed by atoms with Gasteiger partial charge in [-0.25, -0.2) is 0 Å². The second-order valence-electron chi connectivity index (χ2n) is 17.4. The number of anilines is 3. The first-order valence-electron chi connectivity index (χ1n) is 24.4. The first-order chi connectivity index (χ1) is 34.5. The van der Waals surface area contributed by atoms with Gasteiger partial charge in [-0.3, -0.25) is 0 Å². The van der Waals surface area contributed by atoms with Gasteiger partial charge in [0.15, 0.2) is 0 Å². The summed E-state index contributed by atoms with van der Waals surface area (Å²) in [6, 6.07) is 73.6. The van der Waals surface area contributed by atoms with Gasteiger partial charge in [-0.1, -0.05) is 234 Å². The lowest BCUT2D eigenvalue weighted by atomic mass is 9.73. The highest BCUT2D eigenvalue weighted by Crippen LogP contribution is 2.54. The fraction of sp³-hybridized carbons (Fsp3) is 0.0725. The van der Waals surface area contributed by atoms with Crippen molar-refractivity contribution in [1.29, 1.82) is 0 Å². The topological polar surface area (TPSA) is 3.24 Å². The van der Waals surface area contributed by atoms with Crippen molar-refractivity contribution in [3.63, 3.8) is 0 Å². The van der Waals surface area contributed by atoms with E-state index in [1.807, 2.05) is 57.2 Å². The number of hydrogen-bond acceptors (Lipinski definition) is 1. The van der Waals surface area contributed by atoms with Crippen molar-refractivity contribution in [3.8, 4) is 33.4 Å². The molecule has 1 nitrogen and oxygen atoms in total. The zero-order chi connectivity index (χ0) is 48.6. The van der Waals surface area contributed by atoms with Gasteiger partial charge in [-0.05, 0) is 156 Å². The Kier molecular flexibility index (Phi) is 13.8. The molecule has 0 saturated heterocycles.